The van der Waals surface area contributed by atoms with Gasteiger partial charge in [0.2, 0.25) is 0 Å². The Hall–Kier alpha value is -3.35. The molecule has 1 aromatic heterocycles. The Kier molecular flexibility index (Phi) is 5.67. The molecule has 0 radical (unpaired) electrons. The maximum atomic E-state index is 6.06. The number of para-hydroxylation sites is 1. The molecule has 0 bridgehead atoms. The number of nitrogens with zero attached hydrogens (tertiary/aromatic N) is 5. The molecule has 5 rings (SSSR count). The summed E-state index contributed by atoms with van der Waals surface area (Å²) in [6.45, 7) is 2.48. The van der Waals surface area contributed by atoms with Gasteiger partial charge < -0.3 is 5.73 Å². The predicted octanol–water partition coefficient (Wildman–Crippen LogP) is 5.01. The van der Waals surface area contributed by atoms with Gasteiger partial charge in [0.05, 0.1) is 12.2 Å². The minimum absolute atomic E-state index is 0. The van der Waals surface area contributed by atoms with Crippen LogP contribution in [0.25, 0.3) is 5.69 Å². The van der Waals surface area contributed by atoms with E-state index < -0.39 is 0 Å². The molecule has 0 amide bonds. The molecule has 0 atom stereocenters. The number of hydrogen-bond acceptors (Lipinski definition) is 5. The van der Waals surface area contributed by atoms with E-state index in [1.807, 2.05) is 77.2 Å². The number of nitrogens with two attached hydrogens (primary N) is 1. The highest BCUT2D eigenvalue weighted by atomic mass is 35.5. The molecule has 3 aromatic carbocycles. The third kappa shape index (κ3) is 3.87. The first-order chi connectivity index (χ1) is 14.6. The highest BCUT2D eigenvalue weighted by Crippen LogP contribution is 2.30. The molecule has 0 saturated carbocycles. The van der Waals surface area contributed by atoms with Crippen LogP contribution < -0.4 is 10.7 Å². The number of fused-ring (bicyclic) bond motifs is 3. The number of halogens is 2. The maximum Gasteiger partial charge on any atom is 0.252 e. The van der Waals surface area contributed by atoms with Crippen molar-refractivity contribution in [2.45, 2.75) is 13.5 Å². The van der Waals surface area contributed by atoms with Gasteiger partial charge in [-0.1, -0.05) is 54.1 Å². The second-order valence-electron chi connectivity index (χ2n) is 7.15. The lowest BCUT2D eigenvalue weighted by atomic mass is 10.0. The Bertz CT molecular complexity index is 1250. The van der Waals surface area contributed by atoms with Crippen molar-refractivity contribution >= 4 is 41.4 Å². The SMILES string of the molecule is Cc1nnc2n1-c1ccccc1C(c1ccc(N)cc1)=NN2Cc1ccc(Cl)cc1.Cl. The van der Waals surface area contributed by atoms with Crippen LogP contribution >= 0.6 is 24.0 Å². The Morgan fingerprint density at radius 3 is 2.35 bits per heavy atom. The molecule has 0 spiro atoms. The second kappa shape index (κ2) is 8.41. The van der Waals surface area contributed by atoms with Gasteiger partial charge in [-0.25, -0.2) is 5.01 Å². The quantitative estimate of drug-likeness (QED) is 0.445. The van der Waals surface area contributed by atoms with E-state index in [2.05, 4.69) is 22.3 Å². The molecular weight excluding hydrogens is 431 g/mol. The van der Waals surface area contributed by atoms with Crippen LogP contribution in [0, 0.1) is 6.92 Å². The van der Waals surface area contributed by atoms with Crippen molar-refractivity contribution in [3.8, 4) is 5.69 Å². The van der Waals surface area contributed by atoms with Gasteiger partial charge in [0.25, 0.3) is 5.95 Å². The zero-order chi connectivity index (χ0) is 20.7. The Morgan fingerprint density at radius 2 is 1.61 bits per heavy atom. The minimum atomic E-state index is 0. The lowest BCUT2D eigenvalue weighted by Crippen LogP contribution is -2.20. The fraction of sp³-hybridized carbons (Fsp3) is 0.0870. The summed E-state index contributed by atoms with van der Waals surface area (Å²) in [6, 6.07) is 23.7. The van der Waals surface area contributed by atoms with Crippen molar-refractivity contribution < 1.29 is 0 Å². The van der Waals surface area contributed by atoms with Crippen LogP contribution in [0.5, 0.6) is 0 Å². The summed E-state index contributed by atoms with van der Waals surface area (Å²) in [4.78, 5) is 0. The Labute approximate surface area is 191 Å². The maximum absolute atomic E-state index is 6.06. The smallest absolute Gasteiger partial charge is 0.252 e. The molecule has 2 N–H and O–H groups in total. The number of anilines is 2. The third-order valence-corrected chi connectivity index (χ3v) is 5.34. The highest BCUT2D eigenvalue weighted by Gasteiger charge is 2.26. The molecule has 0 fully saturated rings. The van der Waals surface area contributed by atoms with Gasteiger partial charge in [-0.15, -0.1) is 22.6 Å². The zero-order valence-electron chi connectivity index (χ0n) is 16.7. The fourth-order valence-corrected chi connectivity index (χ4v) is 3.74. The normalized spacial score (nSPS) is 12.3. The lowest BCUT2D eigenvalue weighted by Gasteiger charge is -2.18. The number of aryl methyl sites for hydroxylation is 1. The van der Waals surface area contributed by atoms with Crippen molar-refractivity contribution in [2.75, 3.05) is 10.7 Å². The van der Waals surface area contributed by atoms with E-state index in [9.17, 15) is 0 Å². The molecule has 0 unspecified atom stereocenters. The summed E-state index contributed by atoms with van der Waals surface area (Å²) in [5, 5.41) is 16.4. The number of rotatable bonds is 3. The topological polar surface area (TPSA) is 72.3 Å². The third-order valence-electron chi connectivity index (χ3n) is 5.09. The average molecular weight is 451 g/mol. The molecule has 0 saturated heterocycles. The van der Waals surface area contributed by atoms with Gasteiger partial charge in [0.1, 0.15) is 11.5 Å². The molecule has 31 heavy (non-hydrogen) atoms. The van der Waals surface area contributed by atoms with Crippen LogP contribution in [0.3, 0.4) is 0 Å². The van der Waals surface area contributed by atoms with Crippen molar-refractivity contribution in [1.29, 1.82) is 0 Å². The lowest BCUT2D eigenvalue weighted by molar-refractivity contribution is 0.796. The number of aromatic nitrogens is 3. The largest absolute Gasteiger partial charge is 0.399 e. The van der Waals surface area contributed by atoms with E-state index in [0.717, 1.165) is 33.9 Å². The van der Waals surface area contributed by atoms with Gasteiger partial charge in [0.15, 0.2) is 0 Å². The first-order valence-corrected chi connectivity index (χ1v) is 9.96. The second-order valence-corrected chi connectivity index (χ2v) is 7.59. The van der Waals surface area contributed by atoms with E-state index in [4.69, 9.17) is 22.4 Å². The van der Waals surface area contributed by atoms with Gasteiger partial charge in [-0.3, -0.25) is 4.57 Å². The van der Waals surface area contributed by atoms with Crippen LogP contribution in [-0.4, -0.2) is 20.5 Å². The van der Waals surface area contributed by atoms with Gasteiger partial charge >= 0.3 is 0 Å². The summed E-state index contributed by atoms with van der Waals surface area (Å²) in [6.07, 6.45) is 0. The summed E-state index contributed by atoms with van der Waals surface area (Å²) < 4.78 is 2.04. The van der Waals surface area contributed by atoms with Crippen molar-refractivity contribution in [3.63, 3.8) is 0 Å². The van der Waals surface area contributed by atoms with Crippen LogP contribution in [0.2, 0.25) is 5.02 Å². The highest BCUT2D eigenvalue weighted by molar-refractivity contribution is 6.30. The number of hydrazone groups is 1. The molecule has 4 aromatic rings. The summed E-state index contributed by atoms with van der Waals surface area (Å²) in [7, 11) is 0. The van der Waals surface area contributed by atoms with Crippen LogP contribution in [0.4, 0.5) is 11.6 Å². The van der Waals surface area contributed by atoms with E-state index in [1.54, 1.807) is 0 Å². The standard InChI is InChI=1S/C23H19ClN6.ClH/c1-15-26-27-23-29(14-16-6-10-18(24)11-7-16)28-22(17-8-12-19(25)13-9-17)20-4-2-3-5-21(20)30(15)23;/h2-13H,14,25H2,1H3;1H. The molecule has 1 aliphatic heterocycles. The first-order valence-electron chi connectivity index (χ1n) is 9.58. The summed E-state index contributed by atoms with van der Waals surface area (Å²) in [5.74, 6) is 1.47. The Morgan fingerprint density at radius 1 is 0.903 bits per heavy atom. The van der Waals surface area contributed by atoms with E-state index in [-0.39, 0.29) is 12.4 Å². The molecule has 1 aliphatic rings. The van der Waals surface area contributed by atoms with E-state index in [0.29, 0.717) is 23.2 Å². The fourth-order valence-electron chi connectivity index (χ4n) is 3.61. The average Bonchev–Trinajstić information content (AvgIpc) is 3.08. The van der Waals surface area contributed by atoms with Gasteiger partial charge in [-0.2, -0.15) is 5.10 Å². The molecular formula is C23H20Cl2N6. The van der Waals surface area contributed by atoms with Crippen LogP contribution in [-0.2, 0) is 6.54 Å². The first kappa shape index (κ1) is 20.9. The molecule has 0 aliphatic carbocycles. The molecule has 2 heterocycles. The van der Waals surface area contributed by atoms with Crippen molar-refractivity contribution in [2.24, 2.45) is 5.10 Å². The molecule has 156 valence electrons. The Balaban J connectivity index is 0.00000231. The van der Waals surface area contributed by atoms with Crippen LogP contribution in [0.15, 0.2) is 77.9 Å². The molecule has 6 nitrogen and oxygen atoms in total. The monoisotopic (exact) mass is 450 g/mol. The van der Waals surface area contributed by atoms with E-state index in [1.165, 1.54) is 0 Å². The zero-order valence-corrected chi connectivity index (χ0v) is 18.3. The van der Waals surface area contributed by atoms with Crippen LogP contribution in [0.1, 0.15) is 22.5 Å². The molecule has 8 heteroatoms. The minimum Gasteiger partial charge on any atom is -0.399 e. The van der Waals surface area contributed by atoms with Gasteiger partial charge in [-0.05, 0) is 42.8 Å². The van der Waals surface area contributed by atoms with Crippen molar-refractivity contribution in [3.05, 3.63) is 100 Å². The summed E-state index contributed by atoms with van der Waals surface area (Å²) in [5.41, 5.74) is 11.5. The van der Waals surface area contributed by atoms with E-state index >= 15 is 0 Å². The number of benzene rings is 3. The predicted molar refractivity (Wildman–Crippen MR) is 127 cm³/mol. The van der Waals surface area contributed by atoms with Gasteiger partial charge in [0, 0.05) is 21.8 Å². The number of nitrogen functional groups attached to an aromatic ring is 1. The van der Waals surface area contributed by atoms with Crippen molar-refractivity contribution in [1.82, 2.24) is 14.8 Å². The number of hydrogen-bond donors (Lipinski definition) is 1. The summed E-state index contributed by atoms with van der Waals surface area (Å²) >= 11 is 6.06.